The lowest BCUT2D eigenvalue weighted by Crippen LogP contribution is -2.18. The lowest BCUT2D eigenvalue weighted by atomic mass is 10.2. The van der Waals surface area contributed by atoms with Crippen LogP contribution >= 0.6 is 0 Å². The molecule has 0 aliphatic carbocycles. The maximum atomic E-state index is 9.27. The van der Waals surface area contributed by atoms with Crippen LogP contribution in [-0.4, -0.2) is 44.7 Å². The van der Waals surface area contributed by atoms with Gasteiger partial charge < -0.3 is 24.6 Å². The minimum atomic E-state index is -0.500. The van der Waals surface area contributed by atoms with E-state index in [4.69, 9.17) is 14.2 Å². The topological polar surface area (TPSA) is 60.0 Å². The number of hydrogen-bond acceptors (Lipinski definition) is 5. The summed E-state index contributed by atoms with van der Waals surface area (Å²) in [5.74, 6) is 1.37. The molecule has 114 valence electrons. The number of ether oxygens (including phenoxy) is 3. The molecule has 1 atom stereocenters. The second-order valence-corrected chi connectivity index (χ2v) is 4.54. The normalized spacial score (nSPS) is 12.2. The van der Waals surface area contributed by atoms with Gasteiger partial charge in [0.15, 0.2) is 11.5 Å². The van der Waals surface area contributed by atoms with Gasteiger partial charge in [0.25, 0.3) is 0 Å². The summed E-state index contributed by atoms with van der Waals surface area (Å²) < 4.78 is 16.1. The van der Waals surface area contributed by atoms with Crippen LogP contribution in [0.1, 0.15) is 19.4 Å². The predicted molar refractivity (Wildman–Crippen MR) is 78.4 cm³/mol. The zero-order chi connectivity index (χ0) is 14.8. The fraction of sp³-hybridized carbons (Fsp3) is 0.600. The number of aliphatic hydroxyl groups excluding tert-OH is 1. The van der Waals surface area contributed by atoms with E-state index in [0.717, 1.165) is 18.7 Å². The molecule has 0 bridgehead atoms. The average molecular weight is 283 g/mol. The molecule has 0 heterocycles. The molecule has 2 N–H and O–H groups in total. The lowest BCUT2D eigenvalue weighted by molar-refractivity contribution is 0.120. The first kappa shape index (κ1) is 16.8. The van der Waals surface area contributed by atoms with Gasteiger partial charge in [-0.05, 0) is 31.5 Å². The largest absolute Gasteiger partial charge is 0.490 e. The molecule has 0 aliphatic heterocycles. The average Bonchev–Trinajstić information content (AvgIpc) is 2.43. The molecule has 0 aliphatic rings. The van der Waals surface area contributed by atoms with E-state index >= 15 is 0 Å². The van der Waals surface area contributed by atoms with Gasteiger partial charge in [-0.1, -0.05) is 6.07 Å². The quantitative estimate of drug-likeness (QED) is 0.638. The highest BCUT2D eigenvalue weighted by Gasteiger charge is 2.07. The third kappa shape index (κ3) is 6.23. The number of methoxy groups -OCH3 is 1. The van der Waals surface area contributed by atoms with Crippen molar-refractivity contribution in [1.82, 2.24) is 5.32 Å². The van der Waals surface area contributed by atoms with Crippen LogP contribution in [0.4, 0.5) is 0 Å². The maximum absolute atomic E-state index is 9.27. The first-order chi connectivity index (χ1) is 9.67. The minimum absolute atomic E-state index is 0.255. The Balaban J connectivity index is 2.63. The summed E-state index contributed by atoms with van der Waals surface area (Å²) in [4.78, 5) is 0. The summed E-state index contributed by atoms with van der Waals surface area (Å²) in [5, 5.41) is 12.5. The van der Waals surface area contributed by atoms with Crippen LogP contribution in [0.15, 0.2) is 18.2 Å². The Labute approximate surface area is 120 Å². The van der Waals surface area contributed by atoms with E-state index in [9.17, 15) is 5.11 Å². The van der Waals surface area contributed by atoms with Crippen molar-refractivity contribution < 1.29 is 19.3 Å². The first-order valence-corrected chi connectivity index (χ1v) is 6.93. The number of benzene rings is 1. The second kappa shape index (κ2) is 9.58. The van der Waals surface area contributed by atoms with Crippen molar-refractivity contribution in [3.63, 3.8) is 0 Å². The molecule has 0 amide bonds. The molecular weight excluding hydrogens is 258 g/mol. The molecule has 0 spiro atoms. The third-order valence-electron chi connectivity index (χ3n) is 2.60. The predicted octanol–water partition coefficient (Wildman–Crippen LogP) is 1.58. The van der Waals surface area contributed by atoms with Crippen molar-refractivity contribution in [3.8, 4) is 11.5 Å². The van der Waals surface area contributed by atoms with Crippen LogP contribution in [0, 0.1) is 0 Å². The Bertz CT molecular complexity index is 382. The first-order valence-electron chi connectivity index (χ1n) is 6.93. The fourth-order valence-corrected chi connectivity index (χ4v) is 1.67. The van der Waals surface area contributed by atoms with Gasteiger partial charge in [0.2, 0.25) is 0 Å². The molecule has 0 fully saturated rings. The third-order valence-corrected chi connectivity index (χ3v) is 2.60. The van der Waals surface area contributed by atoms with Gasteiger partial charge in [0, 0.05) is 20.2 Å². The van der Waals surface area contributed by atoms with Crippen LogP contribution in [0.2, 0.25) is 0 Å². The van der Waals surface area contributed by atoms with Crippen molar-refractivity contribution in [2.45, 2.75) is 26.5 Å². The Morgan fingerprint density at radius 2 is 2.05 bits per heavy atom. The van der Waals surface area contributed by atoms with Gasteiger partial charge in [-0.3, -0.25) is 0 Å². The van der Waals surface area contributed by atoms with Crippen LogP contribution in [-0.2, 0) is 11.3 Å². The Morgan fingerprint density at radius 1 is 1.25 bits per heavy atom. The van der Waals surface area contributed by atoms with E-state index in [1.54, 1.807) is 14.0 Å². The van der Waals surface area contributed by atoms with Crippen molar-refractivity contribution in [3.05, 3.63) is 23.8 Å². The van der Waals surface area contributed by atoms with Crippen molar-refractivity contribution >= 4 is 0 Å². The van der Waals surface area contributed by atoms with Crippen molar-refractivity contribution in [1.29, 1.82) is 0 Å². The van der Waals surface area contributed by atoms with Gasteiger partial charge >= 0.3 is 0 Å². The SMILES string of the molecule is CCOc1cc(CNCCOC)ccc1OCC(C)O. The minimum Gasteiger partial charge on any atom is -0.490 e. The molecule has 1 rings (SSSR count). The fourth-order valence-electron chi connectivity index (χ4n) is 1.67. The van der Waals surface area contributed by atoms with E-state index in [-0.39, 0.29) is 6.61 Å². The summed E-state index contributed by atoms with van der Waals surface area (Å²) in [6.45, 7) is 6.70. The maximum Gasteiger partial charge on any atom is 0.161 e. The molecule has 1 aromatic rings. The molecule has 0 saturated heterocycles. The standard InChI is InChI=1S/C15H25NO4/c1-4-19-15-9-13(10-16-7-8-18-3)5-6-14(15)20-11-12(2)17/h5-6,9,12,16-17H,4,7-8,10-11H2,1-3H3. The number of hydrogen-bond donors (Lipinski definition) is 2. The number of nitrogens with one attached hydrogen (secondary N) is 1. The van der Waals surface area contributed by atoms with Gasteiger partial charge in [-0.15, -0.1) is 0 Å². The zero-order valence-electron chi connectivity index (χ0n) is 12.5. The molecule has 5 nitrogen and oxygen atoms in total. The summed E-state index contributed by atoms with van der Waals surface area (Å²) in [6, 6.07) is 5.82. The van der Waals surface area contributed by atoms with Crippen molar-refractivity contribution in [2.75, 3.05) is 33.5 Å². The van der Waals surface area contributed by atoms with E-state index < -0.39 is 6.10 Å². The molecule has 1 unspecified atom stereocenters. The molecule has 0 aromatic heterocycles. The highest BCUT2D eigenvalue weighted by Crippen LogP contribution is 2.28. The molecule has 0 radical (unpaired) electrons. The highest BCUT2D eigenvalue weighted by molar-refractivity contribution is 5.43. The van der Waals surface area contributed by atoms with Crippen LogP contribution in [0.25, 0.3) is 0 Å². The van der Waals surface area contributed by atoms with Gasteiger partial charge in [0.1, 0.15) is 6.61 Å². The van der Waals surface area contributed by atoms with Gasteiger partial charge in [-0.2, -0.15) is 0 Å². The summed E-state index contributed by atoms with van der Waals surface area (Å²) >= 11 is 0. The summed E-state index contributed by atoms with van der Waals surface area (Å²) in [6.07, 6.45) is -0.500. The van der Waals surface area contributed by atoms with Crippen LogP contribution in [0.3, 0.4) is 0 Å². The van der Waals surface area contributed by atoms with E-state index in [1.165, 1.54) is 0 Å². The number of rotatable bonds is 10. The van der Waals surface area contributed by atoms with E-state index in [1.807, 2.05) is 25.1 Å². The molecule has 5 heteroatoms. The zero-order valence-corrected chi connectivity index (χ0v) is 12.5. The Hall–Kier alpha value is -1.30. The van der Waals surface area contributed by atoms with Gasteiger partial charge in [-0.25, -0.2) is 0 Å². The monoisotopic (exact) mass is 283 g/mol. The number of aliphatic hydroxyl groups is 1. The van der Waals surface area contributed by atoms with E-state index in [0.29, 0.717) is 24.7 Å². The Morgan fingerprint density at radius 3 is 2.70 bits per heavy atom. The van der Waals surface area contributed by atoms with E-state index in [2.05, 4.69) is 5.32 Å². The summed E-state index contributed by atoms with van der Waals surface area (Å²) in [5.41, 5.74) is 1.12. The van der Waals surface area contributed by atoms with Crippen LogP contribution in [0.5, 0.6) is 11.5 Å². The lowest BCUT2D eigenvalue weighted by Gasteiger charge is -2.14. The van der Waals surface area contributed by atoms with Crippen LogP contribution < -0.4 is 14.8 Å². The van der Waals surface area contributed by atoms with Gasteiger partial charge in [0.05, 0.1) is 19.3 Å². The Kier molecular flexibility index (Phi) is 8.02. The molecule has 20 heavy (non-hydrogen) atoms. The highest BCUT2D eigenvalue weighted by atomic mass is 16.5. The second-order valence-electron chi connectivity index (χ2n) is 4.54. The molecular formula is C15H25NO4. The molecule has 0 saturated carbocycles. The molecule has 1 aromatic carbocycles. The van der Waals surface area contributed by atoms with Crippen molar-refractivity contribution in [2.24, 2.45) is 0 Å². The smallest absolute Gasteiger partial charge is 0.161 e. The summed E-state index contributed by atoms with van der Waals surface area (Å²) in [7, 11) is 1.68.